The molecule has 218 valence electrons. The summed E-state index contributed by atoms with van der Waals surface area (Å²) < 4.78 is 0. The maximum absolute atomic E-state index is 12.1. The largest absolute Gasteiger partial charge is 0.352 e. The summed E-state index contributed by atoms with van der Waals surface area (Å²) in [5.74, 6) is 0.292. The van der Waals surface area contributed by atoms with Crippen LogP contribution in [0.1, 0.15) is 166 Å². The molecule has 0 aliphatic carbocycles. The molecule has 4 heteroatoms. The minimum absolute atomic E-state index is 0.146. The summed E-state index contributed by atoms with van der Waals surface area (Å²) in [6.07, 6.45) is 27.0. The van der Waals surface area contributed by atoms with E-state index in [-0.39, 0.29) is 11.8 Å². The van der Waals surface area contributed by atoms with Crippen molar-refractivity contribution in [3.8, 4) is 0 Å². The molecule has 1 aromatic carbocycles. The molecule has 0 atom stereocenters. The first-order chi connectivity index (χ1) is 18.7. The number of hydrogen-bond acceptors (Lipinski definition) is 2. The van der Waals surface area contributed by atoms with Gasteiger partial charge in [0.25, 0.3) is 0 Å². The van der Waals surface area contributed by atoms with Crippen molar-refractivity contribution in [1.29, 1.82) is 0 Å². The summed E-state index contributed by atoms with van der Waals surface area (Å²) in [5, 5.41) is 6.09. The van der Waals surface area contributed by atoms with E-state index in [4.69, 9.17) is 0 Å². The maximum Gasteiger partial charge on any atom is 0.220 e. The van der Waals surface area contributed by atoms with Crippen molar-refractivity contribution in [3.63, 3.8) is 0 Å². The molecular weight excluding hydrogens is 468 g/mol. The zero-order valence-corrected chi connectivity index (χ0v) is 25.1. The third kappa shape index (κ3) is 21.1. The van der Waals surface area contributed by atoms with Crippen LogP contribution in [0.15, 0.2) is 24.3 Å². The van der Waals surface area contributed by atoms with Gasteiger partial charge in [-0.15, -0.1) is 0 Å². The Morgan fingerprint density at radius 3 is 1.00 bits per heavy atom. The van der Waals surface area contributed by atoms with Crippen molar-refractivity contribution < 1.29 is 9.59 Å². The van der Waals surface area contributed by atoms with Gasteiger partial charge in [0.1, 0.15) is 0 Å². The van der Waals surface area contributed by atoms with Gasteiger partial charge in [0, 0.05) is 25.9 Å². The smallest absolute Gasteiger partial charge is 0.220 e. The second-order valence-electron chi connectivity index (χ2n) is 11.2. The Bertz CT molecular complexity index is 627. The molecule has 0 saturated carbocycles. The average Bonchev–Trinajstić information content (AvgIpc) is 2.93. The van der Waals surface area contributed by atoms with Gasteiger partial charge in [-0.25, -0.2) is 0 Å². The van der Waals surface area contributed by atoms with E-state index in [2.05, 4.69) is 24.5 Å². The van der Waals surface area contributed by atoms with Gasteiger partial charge >= 0.3 is 0 Å². The van der Waals surface area contributed by atoms with Crippen molar-refractivity contribution in [2.75, 3.05) is 0 Å². The number of nitrogens with one attached hydrogen (secondary N) is 2. The summed E-state index contributed by atoms with van der Waals surface area (Å²) in [6, 6.07) is 8.18. The number of carbonyl (C=O) groups excluding carboxylic acids is 2. The molecule has 2 N–H and O–H groups in total. The molecule has 0 heterocycles. The quantitative estimate of drug-likeness (QED) is 0.118. The van der Waals surface area contributed by atoms with E-state index in [1.807, 2.05) is 24.3 Å². The lowest BCUT2D eigenvalue weighted by Crippen LogP contribution is -2.23. The molecule has 0 aromatic heterocycles. The van der Waals surface area contributed by atoms with Crippen LogP contribution in [0, 0.1) is 0 Å². The summed E-state index contributed by atoms with van der Waals surface area (Å²) >= 11 is 0. The lowest BCUT2D eigenvalue weighted by molar-refractivity contribution is -0.122. The average molecular weight is 529 g/mol. The highest BCUT2D eigenvalue weighted by molar-refractivity contribution is 5.76. The van der Waals surface area contributed by atoms with Gasteiger partial charge in [-0.3, -0.25) is 9.59 Å². The van der Waals surface area contributed by atoms with E-state index in [0.717, 1.165) is 36.8 Å². The standard InChI is InChI=1S/C34H60N2O2/c1-3-5-7-9-11-13-15-17-19-21-23-33(37)35-29-31-25-27-32(28-26-31)30-36-34(38)24-22-20-18-16-14-12-10-8-6-4-2/h25-28H,3-24,29-30H2,1-2H3,(H,35,37)(H,36,38). The Morgan fingerprint density at radius 2 is 0.711 bits per heavy atom. The lowest BCUT2D eigenvalue weighted by Gasteiger charge is -2.08. The van der Waals surface area contributed by atoms with E-state index < -0.39 is 0 Å². The van der Waals surface area contributed by atoms with Crippen LogP contribution in [0.25, 0.3) is 0 Å². The van der Waals surface area contributed by atoms with Crippen molar-refractivity contribution >= 4 is 11.8 Å². The molecule has 0 aliphatic rings. The summed E-state index contributed by atoms with van der Waals surface area (Å²) in [7, 11) is 0. The molecule has 0 fully saturated rings. The van der Waals surface area contributed by atoms with Crippen molar-refractivity contribution in [3.05, 3.63) is 35.4 Å². The molecular formula is C34H60N2O2. The molecule has 4 nitrogen and oxygen atoms in total. The molecule has 2 amide bonds. The van der Waals surface area contributed by atoms with E-state index in [0.29, 0.717) is 25.9 Å². The molecule has 1 aromatic rings. The second kappa shape index (κ2) is 25.4. The maximum atomic E-state index is 12.1. The Labute approximate surface area is 235 Å². The Balaban J connectivity index is 2.00. The van der Waals surface area contributed by atoms with Gasteiger partial charge in [0.15, 0.2) is 0 Å². The molecule has 0 saturated heterocycles. The predicted molar refractivity (Wildman–Crippen MR) is 163 cm³/mol. The first-order valence-corrected chi connectivity index (χ1v) is 16.3. The van der Waals surface area contributed by atoms with Crippen LogP contribution in [-0.2, 0) is 22.7 Å². The monoisotopic (exact) mass is 528 g/mol. The van der Waals surface area contributed by atoms with E-state index >= 15 is 0 Å². The van der Waals surface area contributed by atoms with Crippen molar-refractivity contribution in [2.45, 2.75) is 168 Å². The molecule has 0 aliphatic heterocycles. The van der Waals surface area contributed by atoms with Gasteiger partial charge in [-0.05, 0) is 24.0 Å². The Kier molecular flexibility index (Phi) is 22.9. The number of rotatable bonds is 26. The molecule has 0 radical (unpaired) electrons. The fourth-order valence-electron chi connectivity index (χ4n) is 4.90. The summed E-state index contributed by atoms with van der Waals surface area (Å²) in [5.41, 5.74) is 2.20. The van der Waals surface area contributed by atoms with Crippen molar-refractivity contribution in [2.24, 2.45) is 0 Å². The Hall–Kier alpha value is -1.84. The minimum Gasteiger partial charge on any atom is -0.352 e. The SMILES string of the molecule is CCCCCCCCCCCCC(=O)NCc1ccc(CNC(=O)CCCCCCCCCCCC)cc1. The molecule has 0 unspecified atom stereocenters. The zero-order valence-electron chi connectivity index (χ0n) is 25.1. The van der Waals surface area contributed by atoms with Crippen molar-refractivity contribution in [1.82, 2.24) is 10.6 Å². The molecule has 0 bridgehead atoms. The van der Waals surface area contributed by atoms with E-state index in [9.17, 15) is 9.59 Å². The first-order valence-electron chi connectivity index (χ1n) is 16.3. The highest BCUT2D eigenvalue weighted by Crippen LogP contribution is 2.13. The number of hydrogen-bond donors (Lipinski definition) is 2. The third-order valence-corrected chi connectivity index (χ3v) is 7.52. The topological polar surface area (TPSA) is 58.2 Å². The predicted octanol–water partition coefficient (Wildman–Crippen LogP) is 9.54. The van der Waals surface area contributed by atoms with Crippen LogP contribution in [0.2, 0.25) is 0 Å². The van der Waals surface area contributed by atoms with Gasteiger partial charge < -0.3 is 10.6 Å². The number of amides is 2. The highest BCUT2D eigenvalue weighted by atomic mass is 16.2. The van der Waals surface area contributed by atoms with Gasteiger partial charge in [-0.2, -0.15) is 0 Å². The minimum atomic E-state index is 0.146. The second-order valence-corrected chi connectivity index (χ2v) is 11.2. The number of benzene rings is 1. The fourth-order valence-corrected chi connectivity index (χ4v) is 4.90. The summed E-state index contributed by atoms with van der Waals surface area (Å²) in [4.78, 5) is 24.3. The van der Waals surface area contributed by atoms with Gasteiger partial charge in [0.05, 0.1) is 0 Å². The van der Waals surface area contributed by atoms with E-state index in [1.54, 1.807) is 0 Å². The Morgan fingerprint density at radius 1 is 0.447 bits per heavy atom. The number of carbonyl (C=O) groups is 2. The van der Waals surface area contributed by atoms with Gasteiger partial charge in [0.2, 0.25) is 11.8 Å². The van der Waals surface area contributed by atoms with Crippen LogP contribution >= 0.6 is 0 Å². The van der Waals surface area contributed by atoms with Gasteiger partial charge in [-0.1, -0.05) is 154 Å². The van der Waals surface area contributed by atoms with E-state index in [1.165, 1.54) is 103 Å². The highest BCUT2D eigenvalue weighted by Gasteiger charge is 2.04. The lowest BCUT2D eigenvalue weighted by atomic mass is 10.1. The molecule has 1 rings (SSSR count). The molecule has 0 spiro atoms. The van der Waals surface area contributed by atoms with Crippen LogP contribution in [-0.4, -0.2) is 11.8 Å². The third-order valence-electron chi connectivity index (χ3n) is 7.52. The summed E-state index contributed by atoms with van der Waals surface area (Å²) in [6.45, 7) is 5.66. The van der Waals surface area contributed by atoms with Crippen LogP contribution < -0.4 is 10.6 Å². The normalized spacial score (nSPS) is 11.0. The van der Waals surface area contributed by atoms with Crippen LogP contribution in [0.3, 0.4) is 0 Å². The zero-order chi connectivity index (χ0) is 27.5. The first kappa shape index (κ1) is 34.2. The molecule has 38 heavy (non-hydrogen) atoms. The van der Waals surface area contributed by atoms with Crippen LogP contribution in [0.4, 0.5) is 0 Å². The fraction of sp³-hybridized carbons (Fsp3) is 0.765. The number of unbranched alkanes of at least 4 members (excludes halogenated alkanes) is 18. The van der Waals surface area contributed by atoms with Crippen LogP contribution in [0.5, 0.6) is 0 Å².